The van der Waals surface area contributed by atoms with Crippen LogP contribution in [-0.4, -0.2) is 51.1 Å². The maximum atomic E-state index is 13.1. The van der Waals surface area contributed by atoms with Crippen molar-refractivity contribution in [1.82, 2.24) is 30.3 Å². The van der Waals surface area contributed by atoms with E-state index >= 15 is 0 Å². The van der Waals surface area contributed by atoms with Gasteiger partial charge in [0.2, 0.25) is 0 Å². The molecule has 0 saturated carbocycles. The lowest BCUT2D eigenvalue weighted by atomic mass is 9.80. The molecular weight excluding hydrogens is 364 g/mol. The van der Waals surface area contributed by atoms with Crippen molar-refractivity contribution in [2.75, 3.05) is 19.6 Å². The zero-order valence-electron chi connectivity index (χ0n) is 16.6. The van der Waals surface area contributed by atoms with Crippen LogP contribution >= 0.6 is 0 Å². The molecule has 29 heavy (non-hydrogen) atoms. The number of benzene rings is 1. The summed E-state index contributed by atoms with van der Waals surface area (Å²) in [7, 11) is 0. The minimum atomic E-state index is 0.0583. The quantitative estimate of drug-likeness (QED) is 0.717. The molecule has 2 unspecified atom stereocenters. The van der Waals surface area contributed by atoms with Crippen LogP contribution in [0, 0.1) is 12.8 Å². The van der Waals surface area contributed by atoms with E-state index in [1.54, 1.807) is 16.9 Å². The van der Waals surface area contributed by atoms with Crippen LogP contribution < -0.4 is 10.9 Å². The van der Waals surface area contributed by atoms with Gasteiger partial charge < -0.3 is 4.90 Å². The highest BCUT2D eigenvalue weighted by Gasteiger charge is 2.37. The largest absolute Gasteiger partial charge is 0.339 e. The van der Waals surface area contributed by atoms with Crippen molar-refractivity contribution in [3.8, 4) is 0 Å². The Morgan fingerprint density at radius 2 is 1.93 bits per heavy atom. The third-order valence-corrected chi connectivity index (χ3v) is 6.47. The molecule has 2 saturated heterocycles. The molecule has 150 valence electrons. The van der Waals surface area contributed by atoms with Crippen molar-refractivity contribution >= 4 is 11.6 Å². The predicted molar refractivity (Wildman–Crippen MR) is 110 cm³/mol. The molecule has 0 spiro atoms. The molecule has 2 aliphatic heterocycles. The average molecular weight is 390 g/mol. The van der Waals surface area contributed by atoms with Gasteiger partial charge in [0.1, 0.15) is 0 Å². The highest BCUT2D eigenvalue weighted by molar-refractivity contribution is 5.95. The number of hydrazine groups is 1. The van der Waals surface area contributed by atoms with Gasteiger partial charge in [-0.3, -0.25) is 15.6 Å². The molecule has 1 amide bonds. The first-order valence-corrected chi connectivity index (χ1v) is 10.3. The number of rotatable bonds is 3. The summed E-state index contributed by atoms with van der Waals surface area (Å²) in [6, 6.07) is 13.0. The molecule has 7 heteroatoms. The van der Waals surface area contributed by atoms with Crippen molar-refractivity contribution in [1.29, 1.82) is 0 Å². The second-order valence-corrected chi connectivity index (χ2v) is 8.06. The zero-order valence-corrected chi connectivity index (χ0v) is 16.6. The fraction of sp³-hybridized carbons (Fsp3) is 0.409. The highest BCUT2D eigenvalue weighted by atomic mass is 16.2. The smallest absolute Gasteiger partial charge is 0.257 e. The fourth-order valence-corrected chi connectivity index (χ4v) is 4.82. The number of nitrogens with one attached hydrogen (secondary N) is 2. The van der Waals surface area contributed by atoms with E-state index < -0.39 is 0 Å². The summed E-state index contributed by atoms with van der Waals surface area (Å²) in [5.74, 6) is 1.08. The third kappa shape index (κ3) is 3.30. The lowest BCUT2D eigenvalue weighted by Crippen LogP contribution is -2.46. The lowest BCUT2D eigenvalue weighted by Gasteiger charge is -2.36. The van der Waals surface area contributed by atoms with E-state index in [0.717, 1.165) is 43.8 Å². The third-order valence-electron chi connectivity index (χ3n) is 6.47. The Balaban J connectivity index is 1.27. The Hall–Kier alpha value is -2.77. The number of aromatic nitrogens is 3. The number of amides is 1. The number of piperidine rings is 1. The molecule has 4 heterocycles. The standard InChI is InChI=1S/C22H26N6O/c1-15-18(13-23-20-7-10-25-28(15)20)22(29)27-11-8-17(9-12-27)21-19(14-24-26-21)16-5-3-2-4-6-16/h2-7,10,13,17,19,21,24,26H,8-9,11-12,14H2,1H3. The molecule has 2 aliphatic rings. The Kier molecular flexibility index (Phi) is 4.77. The summed E-state index contributed by atoms with van der Waals surface area (Å²) in [6.07, 6.45) is 5.41. The summed E-state index contributed by atoms with van der Waals surface area (Å²) < 4.78 is 1.73. The Bertz CT molecular complexity index is 1010. The predicted octanol–water partition coefficient (Wildman–Crippen LogP) is 2.15. The van der Waals surface area contributed by atoms with Gasteiger partial charge in [-0.15, -0.1) is 0 Å². The number of carbonyl (C=O) groups excluding carboxylic acids is 1. The number of likely N-dealkylation sites (tertiary alicyclic amines) is 1. The number of hydrogen-bond donors (Lipinski definition) is 2. The van der Waals surface area contributed by atoms with Gasteiger partial charge in [0.05, 0.1) is 17.5 Å². The molecule has 1 aromatic carbocycles. The minimum Gasteiger partial charge on any atom is -0.339 e. The first kappa shape index (κ1) is 18.3. The van der Waals surface area contributed by atoms with Gasteiger partial charge in [-0.25, -0.2) is 9.50 Å². The van der Waals surface area contributed by atoms with Gasteiger partial charge in [0, 0.05) is 43.9 Å². The van der Waals surface area contributed by atoms with Crippen LogP contribution in [0.2, 0.25) is 0 Å². The van der Waals surface area contributed by atoms with Crippen LogP contribution in [0.25, 0.3) is 5.65 Å². The highest BCUT2D eigenvalue weighted by Crippen LogP contribution is 2.32. The van der Waals surface area contributed by atoms with Crippen LogP contribution in [-0.2, 0) is 0 Å². The number of aryl methyl sites for hydroxylation is 1. The lowest BCUT2D eigenvalue weighted by molar-refractivity contribution is 0.0668. The Labute approximate surface area is 170 Å². The van der Waals surface area contributed by atoms with Gasteiger partial charge >= 0.3 is 0 Å². The average Bonchev–Trinajstić information content (AvgIpc) is 3.44. The van der Waals surface area contributed by atoms with Crippen LogP contribution in [0.3, 0.4) is 0 Å². The molecule has 2 fully saturated rings. The number of hydrogen-bond acceptors (Lipinski definition) is 5. The van der Waals surface area contributed by atoms with Crippen molar-refractivity contribution in [2.45, 2.75) is 31.7 Å². The zero-order chi connectivity index (χ0) is 19.8. The minimum absolute atomic E-state index is 0.0583. The van der Waals surface area contributed by atoms with Crippen LogP contribution in [0.15, 0.2) is 48.8 Å². The molecule has 2 aromatic heterocycles. The molecule has 0 radical (unpaired) electrons. The number of carbonyl (C=O) groups is 1. The Morgan fingerprint density at radius 3 is 2.72 bits per heavy atom. The summed E-state index contributed by atoms with van der Waals surface area (Å²) in [5.41, 5.74) is 10.5. The van der Waals surface area contributed by atoms with E-state index in [2.05, 4.69) is 51.3 Å². The molecule has 7 nitrogen and oxygen atoms in total. The number of nitrogens with zero attached hydrogens (tertiary/aromatic N) is 4. The Morgan fingerprint density at radius 1 is 1.14 bits per heavy atom. The van der Waals surface area contributed by atoms with E-state index in [1.165, 1.54) is 5.56 Å². The molecule has 2 atom stereocenters. The summed E-state index contributed by atoms with van der Waals surface area (Å²) in [5, 5.41) is 4.28. The molecule has 5 rings (SSSR count). The van der Waals surface area contributed by atoms with Crippen molar-refractivity contribution in [3.05, 3.63) is 65.6 Å². The molecule has 0 bridgehead atoms. The summed E-state index contributed by atoms with van der Waals surface area (Å²) >= 11 is 0. The molecular formula is C22H26N6O. The van der Waals surface area contributed by atoms with Gasteiger partial charge in [-0.05, 0) is 31.2 Å². The van der Waals surface area contributed by atoms with E-state index in [0.29, 0.717) is 23.4 Å². The van der Waals surface area contributed by atoms with Gasteiger partial charge in [-0.1, -0.05) is 30.3 Å². The molecule has 2 N–H and O–H groups in total. The van der Waals surface area contributed by atoms with Crippen molar-refractivity contribution < 1.29 is 4.79 Å². The summed E-state index contributed by atoms with van der Waals surface area (Å²) in [6.45, 7) is 4.43. The number of fused-ring (bicyclic) bond motifs is 1. The second kappa shape index (κ2) is 7.57. The second-order valence-electron chi connectivity index (χ2n) is 8.06. The van der Waals surface area contributed by atoms with E-state index in [1.807, 2.05) is 17.9 Å². The topological polar surface area (TPSA) is 74.6 Å². The van der Waals surface area contributed by atoms with Crippen molar-refractivity contribution in [3.63, 3.8) is 0 Å². The normalized spacial score (nSPS) is 23.0. The van der Waals surface area contributed by atoms with Crippen molar-refractivity contribution in [2.24, 2.45) is 5.92 Å². The maximum Gasteiger partial charge on any atom is 0.257 e. The maximum absolute atomic E-state index is 13.1. The first-order chi connectivity index (χ1) is 14.2. The SMILES string of the molecule is Cc1c(C(=O)N2CCC(C3NNCC3c3ccccc3)CC2)cnc2ccnn12. The first-order valence-electron chi connectivity index (χ1n) is 10.3. The van der Waals surface area contributed by atoms with Gasteiger partial charge in [0.25, 0.3) is 5.91 Å². The monoisotopic (exact) mass is 390 g/mol. The fourth-order valence-electron chi connectivity index (χ4n) is 4.82. The molecule has 3 aromatic rings. The van der Waals surface area contributed by atoms with Gasteiger partial charge in [0.15, 0.2) is 5.65 Å². The van der Waals surface area contributed by atoms with E-state index in [-0.39, 0.29) is 5.91 Å². The van der Waals surface area contributed by atoms with E-state index in [9.17, 15) is 4.79 Å². The van der Waals surface area contributed by atoms with Crippen LogP contribution in [0.1, 0.15) is 40.4 Å². The molecule has 0 aliphatic carbocycles. The van der Waals surface area contributed by atoms with Crippen LogP contribution in [0.4, 0.5) is 0 Å². The van der Waals surface area contributed by atoms with Gasteiger partial charge in [-0.2, -0.15) is 5.10 Å². The van der Waals surface area contributed by atoms with E-state index in [4.69, 9.17) is 0 Å². The summed E-state index contributed by atoms with van der Waals surface area (Å²) in [4.78, 5) is 19.5. The van der Waals surface area contributed by atoms with Crippen LogP contribution in [0.5, 0.6) is 0 Å².